The van der Waals surface area contributed by atoms with Crippen molar-refractivity contribution in [1.82, 2.24) is 10.2 Å². The Morgan fingerprint density at radius 2 is 1.88 bits per heavy atom. The summed E-state index contributed by atoms with van der Waals surface area (Å²) in [6.45, 7) is 14.5. The Bertz CT molecular complexity index is 707. The van der Waals surface area contributed by atoms with Crippen molar-refractivity contribution in [2.24, 2.45) is 10.9 Å². The number of fused-ring (bicyclic) bond motifs is 1. The van der Waals surface area contributed by atoms with E-state index in [0.29, 0.717) is 31.7 Å². The lowest BCUT2D eigenvalue weighted by Gasteiger charge is -2.31. The van der Waals surface area contributed by atoms with E-state index in [-0.39, 0.29) is 0 Å². The fourth-order valence-electron chi connectivity index (χ4n) is 3.57. The molecule has 8 heteroatoms. The third-order valence-corrected chi connectivity index (χ3v) is 5.40. The van der Waals surface area contributed by atoms with E-state index in [1.165, 1.54) is 0 Å². The van der Waals surface area contributed by atoms with Gasteiger partial charge < -0.3 is 29.6 Å². The fraction of sp³-hybridized carbons (Fsp3) is 0.708. The highest BCUT2D eigenvalue weighted by atomic mass is 16.5. The van der Waals surface area contributed by atoms with E-state index in [1.807, 2.05) is 18.2 Å². The van der Waals surface area contributed by atoms with Crippen LogP contribution in [0.3, 0.4) is 0 Å². The van der Waals surface area contributed by atoms with Crippen LogP contribution in [0.25, 0.3) is 0 Å². The monoisotopic (exact) mass is 448 g/mol. The minimum atomic E-state index is 0.357. The molecule has 180 valence electrons. The van der Waals surface area contributed by atoms with Gasteiger partial charge in [-0.05, 0) is 31.4 Å². The van der Waals surface area contributed by atoms with Crippen LogP contribution in [-0.4, -0.2) is 82.7 Å². The van der Waals surface area contributed by atoms with Gasteiger partial charge in [0.15, 0.2) is 17.5 Å². The molecule has 1 atom stereocenters. The third kappa shape index (κ3) is 8.48. The summed E-state index contributed by atoms with van der Waals surface area (Å²) in [5.41, 5.74) is 0.926. The maximum Gasteiger partial charge on any atom is 0.195 e. The lowest BCUT2D eigenvalue weighted by atomic mass is 10.2. The molecular formula is C24H40N4O4. The average Bonchev–Trinajstić information content (AvgIpc) is 3.04. The van der Waals surface area contributed by atoms with Gasteiger partial charge in [-0.15, -0.1) is 0 Å². The molecule has 1 fully saturated rings. The molecule has 0 bridgehead atoms. The number of guanidine groups is 1. The van der Waals surface area contributed by atoms with Crippen molar-refractivity contribution in [3.63, 3.8) is 0 Å². The Morgan fingerprint density at radius 3 is 2.66 bits per heavy atom. The average molecular weight is 449 g/mol. The van der Waals surface area contributed by atoms with Gasteiger partial charge in [0.05, 0.1) is 33.0 Å². The Morgan fingerprint density at radius 1 is 1.09 bits per heavy atom. The van der Waals surface area contributed by atoms with Gasteiger partial charge in [0.25, 0.3) is 0 Å². The number of benzene rings is 1. The van der Waals surface area contributed by atoms with Crippen molar-refractivity contribution in [1.29, 1.82) is 0 Å². The lowest BCUT2D eigenvalue weighted by Crippen LogP contribution is -2.44. The van der Waals surface area contributed by atoms with E-state index in [9.17, 15) is 0 Å². The van der Waals surface area contributed by atoms with Crippen LogP contribution in [0, 0.1) is 5.92 Å². The first-order valence-corrected chi connectivity index (χ1v) is 12.0. The number of morpholine rings is 1. The van der Waals surface area contributed by atoms with E-state index < -0.39 is 0 Å². The fourth-order valence-corrected chi connectivity index (χ4v) is 3.57. The SMILES string of the molecule is CC(C)COCCCNC(=NCC(C)N1CCOCC1)Nc1ccc2c(c1)OCCCO2. The Kier molecular flexibility index (Phi) is 10.4. The van der Waals surface area contributed by atoms with Gasteiger partial charge >= 0.3 is 0 Å². The smallest absolute Gasteiger partial charge is 0.195 e. The third-order valence-electron chi connectivity index (χ3n) is 5.40. The Hall–Kier alpha value is -2.03. The largest absolute Gasteiger partial charge is 0.490 e. The minimum absolute atomic E-state index is 0.357. The first-order chi connectivity index (χ1) is 15.6. The molecule has 32 heavy (non-hydrogen) atoms. The molecule has 2 aliphatic rings. The molecule has 2 N–H and O–H groups in total. The molecule has 1 aromatic carbocycles. The van der Waals surface area contributed by atoms with Crippen LogP contribution in [0.4, 0.5) is 5.69 Å². The minimum Gasteiger partial charge on any atom is -0.490 e. The van der Waals surface area contributed by atoms with E-state index in [1.54, 1.807) is 0 Å². The van der Waals surface area contributed by atoms with Gasteiger partial charge in [-0.3, -0.25) is 9.89 Å². The molecule has 0 radical (unpaired) electrons. The summed E-state index contributed by atoms with van der Waals surface area (Å²) in [4.78, 5) is 7.30. The molecular weight excluding hydrogens is 408 g/mol. The molecule has 8 nitrogen and oxygen atoms in total. The number of nitrogens with one attached hydrogen (secondary N) is 2. The van der Waals surface area contributed by atoms with Crippen molar-refractivity contribution in [3.8, 4) is 11.5 Å². The van der Waals surface area contributed by atoms with Crippen LogP contribution in [0.5, 0.6) is 11.5 Å². The summed E-state index contributed by atoms with van der Waals surface area (Å²) in [6.07, 6.45) is 1.82. The zero-order chi connectivity index (χ0) is 22.6. The molecule has 1 unspecified atom stereocenters. The van der Waals surface area contributed by atoms with Crippen LogP contribution in [-0.2, 0) is 9.47 Å². The highest BCUT2D eigenvalue weighted by Crippen LogP contribution is 2.32. The van der Waals surface area contributed by atoms with Gasteiger partial charge in [-0.2, -0.15) is 0 Å². The summed E-state index contributed by atoms with van der Waals surface area (Å²) < 4.78 is 22.7. The van der Waals surface area contributed by atoms with E-state index in [0.717, 1.165) is 82.0 Å². The number of nitrogens with zero attached hydrogens (tertiary/aromatic N) is 2. The second kappa shape index (κ2) is 13.5. The normalized spacial score (nSPS) is 18.3. The molecule has 3 rings (SSSR count). The number of ether oxygens (including phenoxy) is 4. The van der Waals surface area contributed by atoms with Gasteiger partial charge in [-0.25, -0.2) is 0 Å². The maximum absolute atomic E-state index is 5.83. The highest BCUT2D eigenvalue weighted by molar-refractivity contribution is 5.94. The summed E-state index contributed by atoms with van der Waals surface area (Å²) in [5, 5.41) is 6.89. The second-order valence-electron chi connectivity index (χ2n) is 8.77. The van der Waals surface area contributed by atoms with Gasteiger partial charge in [0.1, 0.15) is 0 Å². The summed E-state index contributed by atoms with van der Waals surface area (Å²) in [6, 6.07) is 6.30. The zero-order valence-corrected chi connectivity index (χ0v) is 19.9. The number of aliphatic imine (C=N–C) groups is 1. The topological polar surface area (TPSA) is 76.6 Å². The van der Waals surface area contributed by atoms with E-state index >= 15 is 0 Å². The van der Waals surface area contributed by atoms with Crippen molar-refractivity contribution in [2.75, 3.05) is 71.1 Å². The predicted molar refractivity (Wildman–Crippen MR) is 128 cm³/mol. The van der Waals surface area contributed by atoms with Crippen LogP contribution >= 0.6 is 0 Å². The molecule has 0 amide bonds. The molecule has 2 heterocycles. The van der Waals surface area contributed by atoms with Crippen LogP contribution < -0.4 is 20.1 Å². The number of rotatable bonds is 10. The predicted octanol–water partition coefficient (Wildman–Crippen LogP) is 2.99. The maximum atomic E-state index is 5.83. The van der Waals surface area contributed by atoms with Crippen LogP contribution in [0.15, 0.2) is 23.2 Å². The summed E-state index contributed by atoms with van der Waals surface area (Å²) >= 11 is 0. The summed E-state index contributed by atoms with van der Waals surface area (Å²) in [7, 11) is 0. The van der Waals surface area contributed by atoms with Gasteiger partial charge in [-0.1, -0.05) is 13.8 Å². The quantitative estimate of drug-likeness (QED) is 0.324. The molecule has 1 saturated heterocycles. The lowest BCUT2D eigenvalue weighted by molar-refractivity contribution is 0.0220. The van der Waals surface area contributed by atoms with Crippen LogP contribution in [0.1, 0.15) is 33.6 Å². The Balaban J connectivity index is 1.58. The van der Waals surface area contributed by atoms with Crippen molar-refractivity contribution in [2.45, 2.75) is 39.7 Å². The number of hydrogen-bond acceptors (Lipinski definition) is 6. The zero-order valence-electron chi connectivity index (χ0n) is 19.9. The molecule has 0 aromatic heterocycles. The number of hydrogen-bond donors (Lipinski definition) is 2. The molecule has 0 saturated carbocycles. The van der Waals surface area contributed by atoms with E-state index in [4.69, 9.17) is 23.9 Å². The molecule has 0 aliphatic carbocycles. The standard InChI is InChI=1S/C24H40N4O4/c1-19(2)18-30-11-4-8-25-24(26-17-20(3)28-9-14-29-15-10-28)27-21-6-7-22-23(16-21)32-13-5-12-31-22/h6-7,16,19-20H,4-5,8-15,17-18H2,1-3H3,(H2,25,26,27). The Labute approximate surface area is 192 Å². The van der Waals surface area contributed by atoms with Crippen LogP contribution in [0.2, 0.25) is 0 Å². The van der Waals surface area contributed by atoms with Gasteiger partial charge in [0.2, 0.25) is 0 Å². The summed E-state index contributed by atoms with van der Waals surface area (Å²) in [5.74, 6) is 2.89. The van der Waals surface area contributed by atoms with Crippen molar-refractivity contribution >= 4 is 11.6 Å². The number of anilines is 1. The first-order valence-electron chi connectivity index (χ1n) is 12.0. The first kappa shape index (κ1) is 24.6. The highest BCUT2D eigenvalue weighted by Gasteiger charge is 2.17. The molecule has 1 aromatic rings. The van der Waals surface area contributed by atoms with Crippen molar-refractivity contribution in [3.05, 3.63) is 18.2 Å². The van der Waals surface area contributed by atoms with Gasteiger partial charge in [0, 0.05) is 57.1 Å². The molecule has 2 aliphatic heterocycles. The second-order valence-corrected chi connectivity index (χ2v) is 8.77. The van der Waals surface area contributed by atoms with E-state index in [2.05, 4.69) is 36.3 Å². The molecule has 0 spiro atoms. The van der Waals surface area contributed by atoms with Crippen molar-refractivity contribution < 1.29 is 18.9 Å².